The van der Waals surface area contributed by atoms with Gasteiger partial charge in [-0.3, -0.25) is 0 Å². The predicted molar refractivity (Wildman–Crippen MR) is 87.7 cm³/mol. The molecule has 1 aromatic carbocycles. The molecule has 3 N–H and O–H groups in total. The van der Waals surface area contributed by atoms with Crippen molar-refractivity contribution in [2.24, 2.45) is 0 Å². The summed E-state index contributed by atoms with van der Waals surface area (Å²) in [6, 6.07) is 4.17. The van der Waals surface area contributed by atoms with Crippen molar-refractivity contribution >= 4 is 11.4 Å². The normalized spacial score (nSPS) is 16.1. The zero-order valence-electron chi connectivity index (χ0n) is 12.8. The highest BCUT2D eigenvalue weighted by Gasteiger charge is 2.10. The molecule has 1 aromatic rings. The second-order valence-corrected chi connectivity index (χ2v) is 5.83. The van der Waals surface area contributed by atoms with Gasteiger partial charge in [0.25, 0.3) is 0 Å². The van der Waals surface area contributed by atoms with Crippen LogP contribution >= 0.6 is 0 Å². The minimum absolute atomic E-state index is 0.846. The van der Waals surface area contributed by atoms with E-state index in [1.54, 1.807) is 0 Å². The van der Waals surface area contributed by atoms with Gasteiger partial charge in [0, 0.05) is 30.0 Å². The average Bonchev–Trinajstić information content (AvgIpc) is 2.44. The first kappa shape index (κ1) is 14.9. The summed E-state index contributed by atoms with van der Waals surface area (Å²) >= 11 is 0. The van der Waals surface area contributed by atoms with Crippen molar-refractivity contribution in [1.82, 2.24) is 10.2 Å². The van der Waals surface area contributed by atoms with Crippen molar-refractivity contribution in [3.63, 3.8) is 0 Å². The van der Waals surface area contributed by atoms with E-state index in [9.17, 15) is 0 Å². The Balaban J connectivity index is 1.88. The minimum atomic E-state index is 0.846. The van der Waals surface area contributed by atoms with Crippen LogP contribution in [-0.4, -0.2) is 31.1 Å². The van der Waals surface area contributed by atoms with Crippen molar-refractivity contribution in [3.05, 3.63) is 35.4 Å². The Kier molecular flexibility index (Phi) is 5.07. The lowest BCUT2D eigenvalue weighted by Gasteiger charge is -2.26. The molecular weight excluding hydrogens is 246 g/mol. The van der Waals surface area contributed by atoms with Crippen LogP contribution < -0.4 is 11.1 Å². The summed E-state index contributed by atoms with van der Waals surface area (Å²) in [5.41, 5.74) is 11.3. The third kappa shape index (κ3) is 3.76. The van der Waals surface area contributed by atoms with Gasteiger partial charge in [0.2, 0.25) is 0 Å². The molecule has 1 fully saturated rings. The number of likely N-dealkylation sites (tertiary alicyclic amines) is 1. The number of benzene rings is 1. The molecule has 110 valence electrons. The molecular formula is C17H27N3. The van der Waals surface area contributed by atoms with E-state index < -0.39 is 0 Å². The smallest absolute Gasteiger partial charge is 0.0353 e. The van der Waals surface area contributed by atoms with Crippen molar-refractivity contribution < 1.29 is 0 Å². The van der Waals surface area contributed by atoms with E-state index in [4.69, 9.17) is 5.73 Å². The van der Waals surface area contributed by atoms with Crippen LogP contribution in [0.2, 0.25) is 0 Å². The van der Waals surface area contributed by atoms with Gasteiger partial charge >= 0.3 is 0 Å². The second-order valence-electron chi connectivity index (χ2n) is 5.83. The fraction of sp³-hybridized carbons (Fsp3) is 0.529. The molecule has 1 saturated heterocycles. The summed E-state index contributed by atoms with van der Waals surface area (Å²) in [6.07, 6.45) is 4.07. The highest BCUT2D eigenvalue weighted by molar-refractivity contribution is 5.70. The first-order valence-electron chi connectivity index (χ1n) is 7.60. The van der Waals surface area contributed by atoms with Gasteiger partial charge in [-0.1, -0.05) is 13.0 Å². The summed E-state index contributed by atoms with van der Waals surface area (Å²) in [5.74, 6) is 0. The quantitative estimate of drug-likeness (QED) is 0.811. The van der Waals surface area contributed by atoms with E-state index in [2.05, 4.69) is 36.7 Å². The Hall–Kier alpha value is -1.48. The molecule has 3 heteroatoms. The molecule has 20 heavy (non-hydrogen) atoms. The maximum atomic E-state index is 6.03. The summed E-state index contributed by atoms with van der Waals surface area (Å²) in [7, 11) is 0. The van der Waals surface area contributed by atoms with Gasteiger partial charge in [-0.2, -0.15) is 0 Å². The molecule has 3 nitrogen and oxygen atoms in total. The van der Waals surface area contributed by atoms with Crippen LogP contribution in [0.3, 0.4) is 0 Å². The van der Waals surface area contributed by atoms with Gasteiger partial charge in [-0.25, -0.2) is 0 Å². The molecule has 2 rings (SSSR count). The number of piperidine rings is 1. The first-order chi connectivity index (χ1) is 9.58. The molecule has 0 bridgehead atoms. The topological polar surface area (TPSA) is 41.3 Å². The van der Waals surface area contributed by atoms with Crippen LogP contribution in [0.15, 0.2) is 18.7 Å². The van der Waals surface area contributed by atoms with E-state index in [-0.39, 0.29) is 0 Å². The van der Waals surface area contributed by atoms with Crippen molar-refractivity contribution in [3.8, 4) is 0 Å². The molecule has 0 atom stereocenters. The van der Waals surface area contributed by atoms with Crippen LogP contribution in [0.25, 0.3) is 5.70 Å². The number of aryl methyl sites for hydroxylation is 1. The fourth-order valence-corrected chi connectivity index (χ4v) is 2.84. The number of nitrogens with one attached hydrogen (secondary N) is 1. The van der Waals surface area contributed by atoms with Gasteiger partial charge in [0.1, 0.15) is 0 Å². The van der Waals surface area contributed by atoms with Crippen LogP contribution in [-0.2, 0) is 0 Å². The summed E-state index contributed by atoms with van der Waals surface area (Å²) in [5, 5.41) is 3.45. The van der Waals surface area contributed by atoms with E-state index in [0.717, 1.165) is 35.6 Å². The van der Waals surface area contributed by atoms with E-state index in [1.165, 1.54) is 37.9 Å². The molecule has 0 amide bonds. The second kappa shape index (κ2) is 6.80. The van der Waals surface area contributed by atoms with Crippen LogP contribution in [0.1, 0.15) is 36.0 Å². The maximum Gasteiger partial charge on any atom is 0.0353 e. The first-order valence-corrected chi connectivity index (χ1v) is 7.60. The number of nitrogens with zero attached hydrogens (tertiary/aromatic N) is 1. The largest absolute Gasteiger partial charge is 0.398 e. The Labute approximate surface area is 122 Å². The van der Waals surface area contributed by atoms with Crippen molar-refractivity contribution in [2.75, 3.05) is 31.9 Å². The Bertz CT molecular complexity index is 473. The van der Waals surface area contributed by atoms with E-state index >= 15 is 0 Å². The Morgan fingerprint density at radius 2 is 1.95 bits per heavy atom. The lowest BCUT2D eigenvalue weighted by atomic mass is 10.0. The molecule has 1 aliphatic rings. The number of nitrogen functional groups attached to an aromatic ring is 1. The van der Waals surface area contributed by atoms with Crippen molar-refractivity contribution in [1.29, 1.82) is 0 Å². The van der Waals surface area contributed by atoms with Gasteiger partial charge < -0.3 is 16.0 Å². The predicted octanol–water partition coefficient (Wildman–Crippen LogP) is 2.93. The number of anilines is 1. The minimum Gasteiger partial charge on any atom is -0.398 e. The van der Waals surface area contributed by atoms with Crippen LogP contribution in [0.4, 0.5) is 5.69 Å². The van der Waals surface area contributed by atoms with Gasteiger partial charge in [-0.05, 0) is 63.0 Å². The van der Waals surface area contributed by atoms with Crippen LogP contribution in [0, 0.1) is 13.8 Å². The highest BCUT2D eigenvalue weighted by atomic mass is 15.1. The highest BCUT2D eigenvalue weighted by Crippen LogP contribution is 2.23. The lowest BCUT2D eigenvalue weighted by Crippen LogP contribution is -2.35. The summed E-state index contributed by atoms with van der Waals surface area (Å²) < 4.78 is 0. The molecule has 0 aromatic heterocycles. The zero-order chi connectivity index (χ0) is 14.5. The van der Waals surface area contributed by atoms with Crippen LogP contribution in [0.5, 0.6) is 0 Å². The van der Waals surface area contributed by atoms with Crippen molar-refractivity contribution in [2.45, 2.75) is 33.1 Å². The Morgan fingerprint density at radius 1 is 1.25 bits per heavy atom. The lowest BCUT2D eigenvalue weighted by molar-refractivity contribution is 0.232. The molecule has 0 aliphatic carbocycles. The molecule has 0 unspecified atom stereocenters. The van der Waals surface area contributed by atoms with E-state index in [1.807, 2.05) is 6.07 Å². The molecule has 0 spiro atoms. The van der Waals surface area contributed by atoms with Gasteiger partial charge in [0.05, 0.1) is 0 Å². The molecule has 0 radical (unpaired) electrons. The number of nitrogens with two attached hydrogens (primary N) is 1. The monoisotopic (exact) mass is 273 g/mol. The number of hydrogen-bond acceptors (Lipinski definition) is 3. The third-order valence-electron chi connectivity index (χ3n) is 4.13. The number of hydrogen-bond donors (Lipinski definition) is 2. The molecule has 1 heterocycles. The third-order valence-corrected chi connectivity index (χ3v) is 4.13. The summed E-state index contributed by atoms with van der Waals surface area (Å²) in [6.45, 7) is 12.8. The van der Waals surface area contributed by atoms with Gasteiger partial charge in [0.15, 0.2) is 0 Å². The van der Waals surface area contributed by atoms with Gasteiger partial charge in [-0.15, -0.1) is 0 Å². The van der Waals surface area contributed by atoms with E-state index in [0.29, 0.717) is 0 Å². The number of rotatable bonds is 5. The fourth-order valence-electron chi connectivity index (χ4n) is 2.84. The molecule has 0 saturated carbocycles. The molecule has 1 aliphatic heterocycles. The zero-order valence-corrected chi connectivity index (χ0v) is 12.8. The maximum absolute atomic E-state index is 6.03. The standard InChI is InChI=1S/C17H27N3/c1-13-11-16(14(2)17(18)12-13)15(3)19-7-10-20-8-5-4-6-9-20/h11-12,19H,3-10,18H2,1-2H3. The average molecular weight is 273 g/mol. The SMILES string of the molecule is C=C(NCCN1CCCCC1)c1cc(C)cc(N)c1C. The summed E-state index contributed by atoms with van der Waals surface area (Å²) in [4.78, 5) is 2.53. The Morgan fingerprint density at radius 3 is 2.65 bits per heavy atom.